The van der Waals surface area contributed by atoms with Crippen molar-refractivity contribution in [1.29, 1.82) is 0 Å². The first kappa shape index (κ1) is 14.7. The fourth-order valence-electron chi connectivity index (χ4n) is 2.35. The van der Waals surface area contributed by atoms with Gasteiger partial charge >= 0.3 is 0 Å². The maximum atomic E-state index is 13.1. The molecular formula is C18H13FN2O2. The topological polar surface area (TPSA) is 65.1 Å². The van der Waals surface area contributed by atoms with E-state index in [1.54, 1.807) is 30.3 Å². The highest BCUT2D eigenvalue weighted by Crippen LogP contribution is 2.18. The molecule has 0 aliphatic carbocycles. The van der Waals surface area contributed by atoms with Crippen molar-refractivity contribution in [2.75, 3.05) is 5.73 Å². The Morgan fingerprint density at radius 1 is 0.913 bits per heavy atom. The number of anilines is 1. The van der Waals surface area contributed by atoms with Crippen molar-refractivity contribution >= 4 is 11.6 Å². The normalized spacial score (nSPS) is 10.5. The van der Waals surface area contributed by atoms with Crippen LogP contribution in [-0.2, 0) is 0 Å². The average molecular weight is 308 g/mol. The number of nitrogen functional groups attached to an aromatic ring is 1. The summed E-state index contributed by atoms with van der Waals surface area (Å²) < 4.78 is 14.2. The van der Waals surface area contributed by atoms with E-state index in [2.05, 4.69) is 0 Å². The Labute approximate surface area is 131 Å². The Kier molecular flexibility index (Phi) is 3.76. The lowest BCUT2D eigenvalue weighted by Gasteiger charge is -2.13. The largest absolute Gasteiger partial charge is 0.384 e. The average Bonchev–Trinajstić information content (AvgIpc) is 2.57. The number of ketones is 1. The van der Waals surface area contributed by atoms with E-state index in [0.29, 0.717) is 11.3 Å². The van der Waals surface area contributed by atoms with Crippen molar-refractivity contribution in [3.05, 3.63) is 94.0 Å². The quantitative estimate of drug-likeness (QED) is 0.757. The van der Waals surface area contributed by atoms with Crippen LogP contribution in [0.15, 0.2) is 71.5 Å². The van der Waals surface area contributed by atoms with E-state index >= 15 is 0 Å². The van der Waals surface area contributed by atoms with E-state index in [1.807, 2.05) is 0 Å². The fraction of sp³-hybridized carbons (Fsp3) is 0. The number of pyridine rings is 1. The van der Waals surface area contributed by atoms with Gasteiger partial charge in [-0.1, -0.05) is 30.3 Å². The first-order chi connectivity index (χ1) is 11.1. The van der Waals surface area contributed by atoms with Crippen LogP contribution in [0.1, 0.15) is 15.9 Å². The summed E-state index contributed by atoms with van der Waals surface area (Å²) in [4.78, 5) is 24.7. The molecule has 0 saturated heterocycles. The van der Waals surface area contributed by atoms with Gasteiger partial charge < -0.3 is 5.73 Å². The van der Waals surface area contributed by atoms with Crippen LogP contribution in [0.4, 0.5) is 10.2 Å². The second-order valence-corrected chi connectivity index (χ2v) is 4.98. The summed E-state index contributed by atoms with van der Waals surface area (Å²) in [7, 11) is 0. The van der Waals surface area contributed by atoms with Gasteiger partial charge in [-0.15, -0.1) is 0 Å². The lowest BCUT2D eigenvalue weighted by atomic mass is 10.0. The molecule has 2 N–H and O–H groups in total. The summed E-state index contributed by atoms with van der Waals surface area (Å²) in [5, 5.41) is 0. The van der Waals surface area contributed by atoms with Crippen molar-refractivity contribution < 1.29 is 9.18 Å². The third-order valence-electron chi connectivity index (χ3n) is 3.50. The van der Waals surface area contributed by atoms with Gasteiger partial charge in [-0.25, -0.2) is 4.39 Å². The molecule has 3 rings (SSSR count). The number of hydrogen-bond acceptors (Lipinski definition) is 3. The molecule has 2 aromatic carbocycles. The summed E-state index contributed by atoms with van der Waals surface area (Å²) in [6.07, 6.45) is 0. The molecule has 0 bridgehead atoms. The van der Waals surface area contributed by atoms with Gasteiger partial charge in [-0.2, -0.15) is 0 Å². The first-order valence-electron chi connectivity index (χ1n) is 6.95. The van der Waals surface area contributed by atoms with Crippen LogP contribution in [0.2, 0.25) is 0 Å². The van der Waals surface area contributed by atoms with Gasteiger partial charge in [0.15, 0.2) is 5.78 Å². The van der Waals surface area contributed by atoms with E-state index in [4.69, 9.17) is 5.73 Å². The molecular weight excluding hydrogens is 295 g/mol. The molecule has 4 nitrogen and oxygen atoms in total. The van der Waals surface area contributed by atoms with E-state index in [9.17, 15) is 14.0 Å². The number of halogens is 1. The van der Waals surface area contributed by atoms with Crippen molar-refractivity contribution in [1.82, 2.24) is 4.57 Å². The number of rotatable bonds is 3. The molecule has 0 aliphatic heterocycles. The second-order valence-electron chi connectivity index (χ2n) is 4.98. The number of carbonyl (C=O) groups excluding carboxylic acids is 1. The maximum absolute atomic E-state index is 13.1. The number of hydrogen-bond donors (Lipinski definition) is 1. The second kappa shape index (κ2) is 5.88. The number of benzene rings is 2. The minimum absolute atomic E-state index is 0.0259. The fourth-order valence-corrected chi connectivity index (χ4v) is 2.35. The zero-order chi connectivity index (χ0) is 16.4. The van der Waals surface area contributed by atoms with Crippen LogP contribution >= 0.6 is 0 Å². The van der Waals surface area contributed by atoms with Crippen LogP contribution in [-0.4, -0.2) is 10.4 Å². The third kappa shape index (κ3) is 2.76. The lowest BCUT2D eigenvalue weighted by Crippen LogP contribution is -2.23. The molecule has 23 heavy (non-hydrogen) atoms. The monoisotopic (exact) mass is 308 g/mol. The number of aromatic nitrogens is 1. The van der Waals surface area contributed by atoms with E-state index < -0.39 is 11.4 Å². The molecule has 0 unspecified atom stereocenters. The summed E-state index contributed by atoms with van der Waals surface area (Å²) >= 11 is 0. The van der Waals surface area contributed by atoms with Crippen molar-refractivity contribution in [3.8, 4) is 5.69 Å². The maximum Gasteiger partial charge on any atom is 0.256 e. The van der Waals surface area contributed by atoms with Gasteiger partial charge in [-0.3, -0.25) is 14.2 Å². The molecule has 1 heterocycles. The highest BCUT2D eigenvalue weighted by Gasteiger charge is 2.16. The summed E-state index contributed by atoms with van der Waals surface area (Å²) in [6, 6.07) is 16.7. The van der Waals surface area contributed by atoms with Gasteiger partial charge in [0.05, 0.1) is 11.3 Å². The molecule has 0 aliphatic rings. The molecule has 1 aromatic heterocycles. The Balaban J connectivity index is 2.15. The molecule has 0 fully saturated rings. The number of nitrogens with two attached hydrogens (primary N) is 1. The number of carbonyl (C=O) groups is 1. The molecule has 5 heteroatoms. The van der Waals surface area contributed by atoms with Crippen LogP contribution in [0.5, 0.6) is 0 Å². The highest BCUT2D eigenvalue weighted by atomic mass is 19.1. The lowest BCUT2D eigenvalue weighted by molar-refractivity contribution is 0.103. The van der Waals surface area contributed by atoms with Crippen molar-refractivity contribution in [2.45, 2.75) is 0 Å². The van der Waals surface area contributed by atoms with Gasteiger partial charge in [0.2, 0.25) is 0 Å². The zero-order valence-corrected chi connectivity index (χ0v) is 12.1. The van der Waals surface area contributed by atoms with Crippen LogP contribution in [0.3, 0.4) is 0 Å². The first-order valence-corrected chi connectivity index (χ1v) is 6.95. The Bertz CT molecular complexity index is 916. The predicted octanol–water partition coefficient (Wildman–Crippen LogP) is 2.79. The zero-order valence-electron chi connectivity index (χ0n) is 12.1. The predicted molar refractivity (Wildman–Crippen MR) is 86.3 cm³/mol. The molecule has 0 spiro atoms. The standard InChI is InChI=1S/C18H13FN2O2/c19-13-6-8-14(9-7-13)21-16(22)11-10-15(18(21)20)17(23)12-4-2-1-3-5-12/h1-11H,20H2. The number of nitrogens with zero attached hydrogens (tertiary/aromatic N) is 1. The van der Waals surface area contributed by atoms with Gasteiger partial charge in [0, 0.05) is 11.6 Å². The summed E-state index contributed by atoms with van der Waals surface area (Å²) in [6.45, 7) is 0. The van der Waals surface area contributed by atoms with Crippen LogP contribution in [0.25, 0.3) is 5.69 Å². The van der Waals surface area contributed by atoms with Gasteiger partial charge in [0.1, 0.15) is 11.6 Å². The van der Waals surface area contributed by atoms with Crippen molar-refractivity contribution in [2.24, 2.45) is 0 Å². The smallest absolute Gasteiger partial charge is 0.256 e. The third-order valence-corrected chi connectivity index (χ3v) is 3.50. The minimum Gasteiger partial charge on any atom is -0.384 e. The SMILES string of the molecule is Nc1c(C(=O)c2ccccc2)ccc(=O)n1-c1ccc(F)cc1. The molecule has 0 saturated carbocycles. The van der Waals surface area contributed by atoms with Gasteiger partial charge in [-0.05, 0) is 30.3 Å². The summed E-state index contributed by atoms with van der Waals surface area (Å²) in [5.41, 5.74) is 6.75. The highest BCUT2D eigenvalue weighted by molar-refractivity contribution is 6.11. The Hall–Kier alpha value is -3.21. The van der Waals surface area contributed by atoms with Crippen LogP contribution < -0.4 is 11.3 Å². The Morgan fingerprint density at radius 3 is 2.22 bits per heavy atom. The van der Waals surface area contributed by atoms with E-state index in [1.165, 1.54) is 41.0 Å². The molecule has 0 amide bonds. The van der Waals surface area contributed by atoms with E-state index in [0.717, 1.165) is 0 Å². The Morgan fingerprint density at radius 2 is 1.57 bits per heavy atom. The molecule has 0 atom stereocenters. The van der Waals surface area contributed by atoms with Crippen LogP contribution in [0, 0.1) is 5.82 Å². The summed E-state index contributed by atoms with van der Waals surface area (Å²) in [5.74, 6) is -0.672. The van der Waals surface area contributed by atoms with E-state index in [-0.39, 0.29) is 17.2 Å². The molecule has 3 aromatic rings. The van der Waals surface area contributed by atoms with Crippen molar-refractivity contribution in [3.63, 3.8) is 0 Å². The minimum atomic E-state index is -0.420. The molecule has 114 valence electrons. The molecule has 0 radical (unpaired) electrons. The van der Waals surface area contributed by atoms with Gasteiger partial charge in [0.25, 0.3) is 5.56 Å².